The van der Waals surface area contributed by atoms with Gasteiger partial charge in [-0.05, 0) is 19.4 Å². The number of hydrogen-bond acceptors (Lipinski definition) is 6. The largest absolute Gasteiger partial charge is 0.384 e. The van der Waals surface area contributed by atoms with Gasteiger partial charge in [0, 0.05) is 4.88 Å². The molecule has 0 saturated heterocycles. The number of aryl methyl sites for hydroxylation is 2. The molecule has 0 aromatic carbocycles. The van der Waals surface area contributed by atoms with E-state index in [1.807, 2.05) is 13.8 Å². The molecular weight excluding hydrogens is 262 g/mol. The van der Waals surface area contributed by atoms with Gasteiger partial charge in [0.25, 0.3) is 5.91 Å². The standard InChI is InChI=1S/C12H15N5OS/c1-3-8-6(2)19-12(16-8)17-9-5-15-10(13)4-7(9)11(14)18/h4-5H,3H2,1-2H3,(H2,13,15)(H2,14,18)(H,16,17). The third-order valence-corrected chi connectivity index (χ3v) is 3.59. The van der Waals surface area contributed by atoms with E-state index in [1.165, 1.54) is 23.6 Å². The van der Waals surface area contributed by atoms with E-state index in [1.54, 1.807) is 0 Å². The second-order valence-corrected chi connectivity index (χ2v) is 5.22. The molecule has 0 aliphatic rings. The number of pyridine rings is 1. The number of amides is 1. The number of carbonyl (C=O) groups is 1. The maximum Gasteiger partial charge on any atom is 0.251 e. The number of nitrogens with two attached hydrogens (primary N) is 2. The number of hydrogen-bond donors (Lipinski definition) is 3. The smallest absolute Gasteiger partial charge is 0.251 e. The van der Waals surface area contributed by atoms with Crippen LogP contribution in [0.1, 0.15) is 27.9 Å². The molecule has 0 bridgehead atoms. The number of carbonyl (C=O) groups excluding carboxylic acids is 1. The average molecular weight is 277 g/mol. The van der Waals surface area contributed by atoms with Crippen molar-refractivity contribution in [1.82, 2.24) is 9.97 Å². The van der Waals surface area contributed by atoms with Crippen LogP contribution in [0.3, 0.4) is 0 Å². The molecule has 0 aliphatic heterocycles. The first-order chi connectivity index (χ1) is 9.01. The third-order valence-electron chi connectivity index (χ3n) is 2.66. The Labute approximate surface area is 114 Å². The number of nitrogens with one attached hydrogen (secondary N) is 1. The lowest BCUT2D eigenvalue weighted by molar-refractivity contribution is 0.100. The summed E-state index contributed by atoms with van der Waals surface area (Å²) in [4.78, 5) is 20.9. The molecule has 0 atom stereocenters. The summed E-state index contributed by atoms with van der Waals surface area (Å²) in [6.07, 6.45) is 2.35. The first kappa shape index (κ1) is 13.3. The number of anilines is 3. The van der Waals surface area contributed by atoms with Crippen molar-refractivity contribution in [3.63, 3.8) is 0 Å². The van der Waals surface area contributed by atoms with Gasteiger partial charge in [0.05, 0.1) is 23.1 Å². The topological polar surface area (TPSA) is 107 Å². The molecule has 0 fully saturated rings. The summed E-state index contributed by atoms with van der Waals surface area (Å²) in [6.45, 7) is 4.06. The van der Waals surface area contributed by atoms with Crippen molar-refractivity contribution < 1.29 is 4.79 Å². The van der Waals surface area contributed by atoms with Gasteiger partial charge in [-0.25, -0.2) is 9.97 Å². The van der Waals surface area contributed by atoms with Crippen molar-refractivity contribution in [2.24, 2.45) is 5.73 Å². The van der Waals surface area contributed by atoms with Gasteiger partial charge in [0.15, 0.2) is 5.13 Å². The summed E-state index contributed by atoms with van der Waals surface area (Å²) in [6, 6.07) is 1.45. The van der Waals surface area contributed by atoms with E-state index in [0.717, 1.165) is 17.0 Å². The fraction of sp³-hybridized carbons (Fsp3) is 0.250. The molecule has 2 rings (SSSR count). The van der Waals surface area contributed by atoms with Gasteiger partial charge in [0.2, 0.25) is 0 Å². The highest BCUT2D eigenvalue weighted by Gasteiger charge is 2.12. The molecule has 0 radical (unpaired) electrons. The molecule has 0 spiro atoms. The van der Waals surface area contributed by atoms with E-state index in [-0.39, 0.29) is 5.82 Å². The van der Waals surface area contributed by atoms with E-state index in [0.29, 0.717) is 16.4 Å². The molecule has 2 aromatic rings. The fourth-order valence-corrected chi connectivity index (χ4v) is 2.61. The van der Waals surface area contributed by atoms with Crippen LogP contribution in [0.25, 0.3) is 0 Å². The van der Waals surface area contributed by atoms with Crippen LogP contribution in [-0.2, 0) is 6.42 Å². The zero-order valence-electron chi connectivity index (χ0n) is 10.7. The molecule has 7 heteroatoms. The lowest BCUT2D eigenvalue weighted by Gasteiger charge is -2.07. The molecular formula is C12H15N5OS. The van der Waals surface area contributed by atoms with Gasteiger partial charge in [-0.3, -0.25) is 4.79 Å². The van der Waals surface area contributed by atoms with Crippen LogP contribution in [-0.4, -0.2) is 15.9 Å². The van der Waals surface area contributed by atoms with Crippen LogP contribution in [0.2, 0.25) is 0 Å². The lowest BCUT2D eigenvalue weighted by Crippen LogP contribution is -2.14. The Bertz CT molecular complexity index is 623. The summed E-state index contributed by atoms with van der Waals surface area (Å²) in [5, 5.41) is 3.78. The number of thiazole rings is 1. The Kier molecular flexibility index (Phi) is 3.66. The van der Waals surface area contributed by atoms with Crippen LogP contribution in [0.4, 0.5) is 16.6 Å². The monoisotopic (exact) mass is 277 g/mol. The third kappa shape index (κ3) is 2.82. The van der Waals surface area contributed by atoms with Gasteiger partial charge in [0.1, 0.15) is 5.82 Å². The van der Waals surface area contributed by atoms with Crippen molar-refractivity contribution in [2.75, 3.05) is 11.1 Å². The van der Waals surface area contributed by atoms with Gasteiger partial charge >= 0.3 is 0 Å². The van der Waals surface area contributed by atoms with Crippen LogP contribution >= 0.6 is 11.3 Å². The molecule has 6 nitrogen and oxygen atoms in total. The van der Waals surface area contributed by atoms with Crippen molar-refractivity contribution >= 4 is 33.9 Å². The van der Waals surface area contributed by atoms with Crippen LogP contribution < -0.4 is 16.8 Å². The molecule has 0 aliphatic carbocycles. The maximum absolute atomic E-state index is 11.4. The maximum atomic E-state index is 11.4. The predicted octanol–water partition coefficient (Wildman–Crippen LogP) is 1.83. The Hall–Kier alpha value is -2.15. The van der Waals surface area contributed by atoms with E-state index < -0.39 is 5.91 Å². The van der Waals surface area contributed by atoms with E-state index in [2.05, 4.69) is 15.3 Å². The van der Waals surface area contributed by atoms with E-state index in [4.69, 9.17) is 11.5 Å². The highest BCUT2D eigenvalue weighted by atomic mass is 32.1. The van der Waals surface area contributed by atoms with Crippen LogP contribution in [0, 0.1) is 6.92 Å². The van der Waals surface area contributed by atoms with Gasteiger partial charge < -0.3 is 16.8 Å². The highest BCUT2D eigenvalue weighted by Crippen LogP contribution is 2.27. The Morgan fingerprint density at radius 2 is 2.26 bits per heavy atom. The first-order valence-corrected chi connectivity index (χ1v) is 6.61. The number of primary amides is 1. The average Bonchev–Trinajstić information content (AvgIpc) is 2.71. The van der Waals surface area contributed by atoms with Gasteiger partial charge in [-0.2, -0.15) is 0 Å². The predicted molar refractivity (Wildman–Crippen MR) is 76.7 cm³/mol. The number of aromatic nitrogens is 2. The van der Waals surface area contributed by atoms with Crippen LogP contribution in [0.15, 0.2) is 12.3 Å². The second-order valence-electron chi connectivity index (χ2n) is 4.02. The summed E-state index contributed by atoms with van der Waals surface area (Å²) < 4.78 is 0. The number of nitrogen functional groups attached to an aromatic ring is 1. The summed E-state index contributed by atoms with van der Waals surface area (Å²) >= 11 is 1.53. The van der Waals surface area contributed by atoms with Crippen molar-refractivity contribution in [3.8, 4) is 0 Å². The molecule has 1 amide bonds. The molecule has 2 heterocycles. The quantitative estimate of drug-likeness (QED) is 0.790. The number of nitrogens with zero attached hydrogens (tertiary/aromatic N) is 2. The van der Waals surface area contributed by atoms with Crippen molar-refractivity contribution in [1.29, 1.82) is 0 Å². The summed E-state index contributed by atoms with van der Waals surface area (Å²) in [7, 11) is 0. The van der Waals surface area contributed by atoms with Gasteiger partial charge in [-0.1, -0.05) is 6.92 Å². The van der Waals surface area contributed by atoms with E-state index in [9.17, 15) is 4.79 Å². The first-order valence-electron chi connectivity index (χ1n) is 5.80. The minimum Gasteiger partial charge on any atom is -0.384 e. The number of rotatable bonds is 4. The van der Waals surface area contributed by atoms with Crippen molar-refractivity contribution in [2.45, 2.75) is 20.3 Å². The SMILES string of the molecule is CCc1nc(Nc2cnc(N)cc2C(N)=O)sc1C. The molecule has 5 N–H and O–H groups in total. The van der Waals surface area contributed by atoms with Crippen molar-refractivity contribution in [3.05, 3.63) is 28.4 Å². The minimum atomic E-state index is -0.555. The molecule has 0 saturated carbocycles. The molecule has 19 heavy (non-hydrogen) atoms. The Balaban J connectivity index is 2.34. The summed E-state index contributed by atoms with van der Waals surface area (Å²) in [5.41, 5.74) is 12.7. The van der Waals surface area contributed by atoms with E-state index >= 15 is 0 Å². The second kappa shape index (κ2) is 5.23. The molecule has 0 unspecified atom stereocenters. The Morgan fingerprint density at radius 3 is 2.84 bits per heavy atom. The highest BCUT2D eigenvalue weighted by molar-refractivity contribution is 7.15. The molecule has 2 aromatic heterocycles. The van der Waals surface area contributed by atoms with Crippen LogP contribution in [0.5, 0.6) is 0 Å². The lowest BCUT2D eigenvalue weighted by atomic mass is 10.2. The fourth-order valence-electron chi connectivity index (χ4n) is 1.70. The zero-order valence-corrected chi connectivity index (χ0v) is 11.5. The molecule has 100 valence electrons. The zero-order chi connectivity index (χ0) is 14.0. The van der Waals surface area contributed by atoms with Gasteiger partial charge in [-0.15, -0.1) is 11.3 Å². The minimum absolute atomic E-state index is 0.254. The normalized spacial score (nSPS) is 10.4. The Morgan fingerprint density at radius 1 is 1.53 bits per heavy atom. The summed E-state index contributed by atoms with van der Waals surface area (Å²) in [5.74, 6) is -0.301.